The number of hydrogen-bond donors (Lipinski definition) is 0. The summed E-state index contributed by atoms with van der Waals surface area (Å²) in [6.07, 6.45) is 0. The van der Waals surface area contributed by atoms with Crippen LogP contribution in [0.3, 0.4) is 0 Å². The fourth-order valence-corrected chi connectivity index (χ4v) is 5.10. The first kappa shape index (κ1) is 21.9. The Labute approximate surface area is 164 Å². The zero-order chi connectivity index (χ0) is 20.4. The predicted octanol–water partition coefficient (Wildman–Crippen LogP) is 2.26. The average molecular weight is 396 g/mol. The summed E-state index contributed by atoms with van der Waals surface area (Å²) in [7, 11) is -3.49. The van der Waals surface area contributed by atoms with E-state index >= 15 is 0 Å². The highest BCUT2D eigenvalue weighted by atomic mass is 32.2. The molecule has 1 heterocycles. The van der Waals surface area contributed by atoms with E-state index in [9.17, 15) is 13.2 Å². The van der Waals surface area contributed by atoms with E-state index in [1.807, 2.05) is 57.4 Å². The van der Waals surface area contributed by atoms with E-state index in [0.717, 1.165) is 11.1 Å². The molecular formula is C20H33N3O3S. The topological polar surface area (TPSA) is 60.9 Å². The van der Waals surface area contributed by atoms with E-state index in [0.29, 0.717) is 37.6 Å². The van der Waals surface area contributed by atoms with Crippen LogP contribution in [-0.2, 0) is 14.8 Å². The number of nitrogens with zero attached hydrogens (tertiary/aromatic N) is 3. The molecule has 1 saturated heterocycles. The van der Waals surface area contributed by atoms with E-state index in [-0.39, 0.29) is 18.0 Å². The Hall–Kier alpha value is -1.44. The lowest BCUT2D eigenvalue weighted by atomic mass is 10.1. The first-order chi connectivity index (χ1) is 12.5. The molecule has 0 N–H and O–H groups in total. The fraction of sp³-hybridized carbons (Fsp3) is 0.650. The third-order valence-electron chi connectivity index (χ3n) is 5.21. The molecule has 0 spiro atoms. The van der Waals surface area contributed by atoms with Gasteiger partial charge in [0.05, 0.1) is 11.4 Å². The molecule has 27 heavy (non-hydrogen) atoms. The highest BCUT2D eigenvalue weighted by molar-refractivity contribution is 7.89. The minimum Gasteiger partial charge on any atom is -0.337 e. The predicted molar refractivity (Wildman–Crippen MR) is 108 cm³/mol. The van der Waals surface area contributed by atoms with Gasteiger partial charge in [-0.15, -0.1) is 0 Å². The molecule has 2 rings (SSSR count). The van der Waals surface area contributed by atoms with E-state index in [4.69, 9.17) is 0 Å². The molecule has 1 fully saturated rings. The van der Waals surface area contributed by atoms with Crippen LogP contribution in [0.2, 0.25) is 0 Å². The molecule has 0 bridgehead atoms. The van der Waals surface area contributed by atoms with E-state index in [1.165, 1.54) is 4.31 Å². The molecule has 1 aliphatic rings. The van der Waals surface area contributed by atoms with Gasteiger partial charge in [0, 0.05) is 38.3 Å². The van der Waals surface area contributed by atoms with Crippen LogP contribution >= 0.6 is 0 Å². The zero-order valence-corrected chi connectivity index (χ0v) is 18.2. The van der Waals surface area contributed by atoms with Crippen molar-refractivity contribution >= 4 is 15.9 Å². The van der Waals surface area contributed by atoms with Crippen LogP contribution in [0.15, 0.2) is 23.1 Å². The number of piperazine rings is 1. The summed E-state index contributed by atoms with van der Waals surface area (Å²) in [6.45, 7) is 14.3. The molecule has 1 aromatic carbocycles. The first-order valence-electron chi connectivity index (χ1n) is 9.65. The van der Waals surface area contributed by atoms with Gasteiger partial charge in [-0.1, -0.05) is 6.07 Å². The Morgan fingerprint density at radius 3 is 2.04 bits per heavy atom. The van der Waals surface area contributed by atoms with E-state index in [1.54, 1.807) is 12.1 Å². The Bertz CT molecular complexity index is 759. The molecule has 152 valence electrons. The number of aryl methyl sites for hydroxylation is 2. The molecule has 1 aromatic rings. The molecule has 1 amide bonds. The molecule has 7 heteroatoms. The van der Waals surface area contributed by atoms with Crippen LogP contribution in [0.25, 0.3) is 0 Å². The summed E-state index contributed by atoms with van der Waals surface area (Å²) in [5.41, 5.74) is 2.06. The number of amides is 1. The van der Waals surface area contributed by atoms with E-state index in [2.05, 4.69) is 0 Å². The van der Waals surface area contributed by atoms with Gasteiger partial charge in [-0.25, -0.2) is 8.42 Å². The monoisotopic (exact) mass is 395 g/mol. The highest BCUT2D eigenvalue weighted by Crippen LogP contribution is 2.20. The fourth-order valence-electron chi connectivity index (χ4n) is 3.60. The van der Waals surface area contributed by atoms with E-state index < -0.39 is 10.0 Å². The lowest BCUT2D eigenvalue weighted by Gasteiger charge is -2.36. The SMILES string of the molecule is Cc1ccc(S(=O)(=O)N2CCN(CC(=O)N(C(C)C)C(C)C)CC2)cc1C. The van der Waals surface area contributed by atoms with Crippen molar-refractivity contribution in [1.82, 2.24) is 14.1 Å². The summed E-state index contributed by atoms with van der Waals surface area (Å²) >= 11 is 0. The molecule has 0 aliphatic carbocycles. The van der Waals surface area contributed by atoms with Crippen LogP contribution in [0, 0.1) is 13.8 Å². The molecule has 0 unspecified atom stereocenters. The maximum Gasteiger partial charge on any atom is 0.243 e. The van der Waals surface area contributed by atoms with Crippen molar-refractivity contribution in [3.8, 4) is 0 Å². The summed E-state index contributed by atoms with van der Waals surface area (Å²) in [5, 5.41) is 0. The quantitative estimate of drug-likeness (QED) is 0.741. The van der Waals surface area contributed by atoms with Gasteiger partial charge in [-0.3, -0.25) is 9.69 Å². The number of sulfonamides is 1. The number of carbonyl (C=O) groups is 1. The van der Waals surface area contributed by atoms with Crippen LogP contribution < -0.4 is 0 Å². The molecule has 0 aromatic heterocycles. The van der Waals surface area contributed by atoms with Gasteiger partial charge < -0.3 is 4.90 Å². The third-order valence-corrected chi connectivity index (χ3v) is 7.10. The lowest BCUT2D eigenvalue weighted by molar-refractivity contribution is -0.136. The number of carbonyl (C=O) groups excluding carboxylic acids is 1. The Morgan fingerprint density at radius 1 is 1.00 bits per heavy atom. The van der Waals surface area contributed by atoms with Crippen molar-refractivity contribution in [2.45, 2.75) is 58.5 Å². The molecule has 0 atom stereocenters. The molecule has 1 aliphatic heterocycles. The third kappa shape index (κ3) is 5.09. The van der Waals surface area contributed by atoms with Gasteiger partial charge >= 0.3 is 0 Å². The van der Waals surface area contributed by atoms with Gasteiger partial charge in [0.25, 0.3) is 0 Å². The largest absolute Gasteiger partial charge is 0.337 e. The smallest absolute Gasteiger partial charge is 0.243 e. The zero-order valence-electron chi connectivity index (χ0n) is 17.4. The minimum atomic E-state index is -3.49. The van der Waals surface area contributed by atoms with Crippen molar-refractivity contribution in [3.05, 3.63) is 29.3 Å². The second kappa shape index (κ2) is 8.71. The average Bonchev–Trinajstić information content (AvgIpc) is 2.57. The van der Waals surface area contributed by atoms with Crippen LogP contribution in [0.1, 0.15) is 38.8 Å². The maximum absolute atomic E-state index is 12.9. The first-order valence-corrected chi connectivity index (χ1v) is 11.1. The van der Waals surface area contributed by atoms with Crippen molar-refractivity contribution in [2.24, 2.45) is 0 Å². The Morgan fingerprint density at radius 2 is 1.56 bits per heavy atom. The van der Waals surface area contributed by atoms with Crippen LogP contribution in [0.5, 0.6) is 0 Å². The number of benzene rings is 1. The standard InChI is InChI=1S/C20H33N3O3S/c1-15(2)23(16(3)4)20(24)14-21-9-11-22(12-10-21)27(25,26)19-8-7-17(5)18(6)13-19/h7-8,13,15-16H,9-12,14H2,1-6H3. The van der Waals surface area contributed by atoms with Gasteiger partial charge in [0.1, 0.15) is 0 Å². The summed E-state index contributed by atoms with van der Waals surface area (Å²) in [4.78, 5) is 16.9. The molecule has 6 nitrogen and oxygen atoms in total. The minimum absolute atomic E-state index is 0.102. The maximum atomic E-state index is 12.9. The van der Waals surface area contributed by atoms with Crippen LogP contribution in [-0.4, -0.2) is 73.2 Å². The summed E-state index contributed by atoms with van der Waals surface area (Å²) in [6, 6.07) is 5.58. The van der Waals surface area contributed by atoms with Gasteiger partial charge in [-0.2, -0.15) is 4.31 Å². The number of hydrogen-bond acceptors (Lipinski definition) is 4. The van der Waals surface area contributed by atoms with Gasteiger partial charge in [-0.05, 0) is 64.8 Å². The van der Waals surface area contributed by atoms with Gasteiger partial charge in [0.15, 0.2) is 0 Å². The Balaban J connectivity index is 2.00. The second-order valence-corrected chi connectivity index (χ2v) is 9.85. The summed E-state index contributed by atoms with van der Waals surface area (Å²) in [5.74, 6) is 0.102. The number of rotatable bonds is 6. The van der Waals surface area contributed by atoms with Crippen molar-refractivity contribution in [3.63, 3.8) is 0 Å². The normalized spacial score (nSPS) is 16.9. The highest BCUT2D eigenvalue weighted by Gasteiger charge is 2.30. The Kier molecular flexibility index (Phi) is 7.05. The van der Waals surface area contributed by atoms with Gasteiger partial charge in [0.2, 0.25) is 15.9 Å². The van der Waals surface area contributed by atoms with Crippen molar-refractivity contribution in [2.75, 3.05) is 32.7 Å². The molecule has 0 radical (unpaired) electrons. The van der Waals surface area contributed by atoms with Crippen LogP contribution in [0.4, 0.5) is 0 Å². The molecule has 0 saturated carbocycles. The lowest BCUT2D eigenvalue weighted by Crippen LogP contribution is -2.53. The second-order valence-electron chi connectivity index (χ2n) is 7.91. The van der Waals surface area contributed by atoms with Crippen molar-refractivity contribution in [1.29, 1.82) is 0 Å². The molecular weight excluding hydrogens is 362 g/mol. The van der Waals surface area contributed by atoms with Crippen molar-refractivity contribution < 1.29 is 13.2 Å². The summed E-state index contributed by atoms with van der Waals surface area (Å²) < 4.78 is 27.3.